The van der Waals surface area contributed by atoms with E-state index >= 15 is 0 Å². The Bertz CT molecular complexity index is 1360. The lowest BCUT2D eigenvalue weighted by Gasteiger charge is -2.15. The van der Waals surface area contributed by atoms with Gasteiger partial charge in [-0.3, -0.25) is 4.79 Å². The summed E-state index contributed by atoms with van der Waals surface area (Å²) in [6.45, 7) is 1.79. The van der Waals surface area contributed by atoms with Crippen LogP contribution in [0.15, 0.2) is 73.3 Å². The second-order valence-corrected chi connectivity index (χ2v) is 7.40. The van der Waals surface area contributed by atoms with E-state index in [2.05, 4.69) is 20.3 Å². The van der Waals surface area contributed by atoms with Crippen molar-refractivity contribution >= 4 is 11.6 Å². The molecule has 4 rings (SSSR count). The van der Waals surface area contributed by atoms with Crippen LogP contribution in [-0.2, 0) is 6.18 Å². The zero-order chi connectivity index (χ0) is 25.0. The van der Waals surface area contributed by atoms with Crippen molar-refractivity contribution < 1.29 is 27.4 Å². The molecule has 10 heteroatoms. The highest BCUT2D eigenvalue weighted by Gasteiger charge is 2.31. The Morgan fingerprint density at radius 3 is 2.51 bits per heavy atom. The Labute approximate surface area is 198 Å². The molecule has 0 aliphatic heterocycles. The molecule has 1 N–H and O–H groups in total. The molecular weight excluding hydrogens is 461 g/mol. The summed E-state index contributed by atoms with van der Waals surface area (Å²) in [5.74, 6) is 0.0801. The summed E-state index contributed by atoms with van der Waals surface area (Å²) in [5.41, 5.74) is 1.10. The first-order valence-electron chi connectivity index (χ1n) is 10.3. The molecule has 0 radical (unpaired) electrons. The summed E-state index contributed by atoms with van der Waals surface area (Å²) in [7, 11) is 1.30. The van der Waals surface area contributed by atoms with Gasteiger partial charge in [-0.25, -0.2) is 15.0 Å². The lowest BCUT2D eigenvalue weighted by atomic mass is 10.1. The molecule has 7 nitrogen and oxygen atoms in total. The average molecular weight is 480 g/mol. The molecule has 0 saturated heterocycles. The van der Waals surface area contributed by atoms with E-state index in [0.717, 1.165) is 23.8 Å². The number of methoxy groups -OCH3 is 1. The molecular formula is C25H19F3N4O3. The number of nitrogens with one attached hydrogen (secondary N) is 1. The lowest BCUT2D eigenvalue weighted by Crippen LogP contribution is -2.14. The van der Waals surface area contributed by atoms with Crippen LogP contribution in [0.5, 0.6) is 17.4 Å². The van der Waals surface area contributed by atoms with Crippen LogP contribution in [0.1, 0.15) is 21.5 Å². The number of pyridine rings is 1. The van der Waals surface area contributed by atoms with E-state index in [1.165, 1.54) is 19.5 Å². The molecule has 0 aliphatic rings. The molecule has 0 bridgehead atoms. The van der Waals surface area contributed by atoms with Crippen LogP contribution in [0.3, 0.4) is 0 Å². The van der Waals surface area contributed by atoms with Gasteiger partial charge in [0.1, 0.15) is 17.8 Å². The van der Waals surface area contributed by atoms with Crippen molar-refractivity contribution in [1.29, 1.82) is 0 Å². The largest absolute Gasteiger partial charge is 0.495 e. The van der Waals surface area contributed by atoms with Gasteiger partial charge in [0.25, 0.3) is 5.91 Å². The highest BCUT2D eigenvalue weighted by molar-refractivity contribution is 6.05. The Morgan fingerprint density at radius 2 is 1.80 bits per heavy atom. The zero-order valence-corrected chi connectivity index (χ0v) is 18.6. The van der Waals surface area contributed by atoms with Crippen molar-refractivity contribution in [2.75, 3.05) is 12.4 Å². The average Bonchev–Trinajstić information content (AvgIpc) is 2.85. The van der Waals surface area contributed by atoms with Crippen LogP contribution in [0.2, 0.25) is 0 Å². The van der Waals surface area contributed by atoms with Gasteiger partial charge in [-0.15, -0.1) is 0 Å². The van der Waals surface area contributed by atoms with Crippen LogP contribution in [0, 0.1) is 6.92 Å². The van der Waals surface area contributed by atoms with Crippen LogP contribution < -0.4 is 14.8 Å². The molecule has 178 valence electrons. The minimum atomic E-state index is -4.57. The SMILES string of the molecule is COc1ccc(C(F)(F)F)cc1NC(=O)c1ccc(C)c(Oc2ncccc2-c2ccncn2)c1. The van der Waals surface area contributed by atoms with E-state index in [0.29, 0.717) is 17.0 Å². The second kappa shape index (κ2) is 9.80. The van der Waals surface area contributed by atoms with E-state index in [4.69, 9.17) is 9.47 Å². The van der Waals surface area contributed by atoms with Crippen molar-refractivity contribution in [3.8, 4) is 28.6 Å². The Balaban J connectivity index is 1.63. The predicted molar refractivity (Wildman–Crippen MR) is 122 cm³/mol. The molecule has 35 heavy (non-hydrogen) atoms. The number of aryl methyl sites for hydroxylation is 1. The highest BCUT2D eigenvalue weighted by atomic mass is 19.4. The minimum absolute atomic E-state index is 0.0953. The standard InChI is InChI=1S/C25H19F3N4O3/c1-15-5-6-16(23(33)32-20-13-17(25(26,27)28)7-8-21(20)34-2)12-22(15)35-24-18(4-3-10-30-24)19-9-11-29-14-31-19/h3-14H,1-2H3,(H,32,33). The number of aromatic nitrogens is 3. The molecule has 1 amide bonds. The van der Waals surface area contributed by atoms with Crippen molar-refractivity contribution in [3.63, 3.8) is 0 Å². The third kappa shape index (κ3) is 5.37. The number of hydrogen-bond donors (Lipinski definition) is 1. The summed E-state index contributed by atoms with van der Waals surface area (Å²) in [4.78, 5) is 25.3. The Morgan fingerprint density at radius 1 is 0.971 bits per heavy atom. The van der Waals surface area contributed by atoms with Crippen LogP contribution >= 0.6 is 0 Å². The monoisotopic (exact) mass is 480 g/mol. The zero-order valence-electron chi connectivity index (χ0n) is 18.6. The number of benzene rings is 2. The molecule has 4 aromatic rings. The van der Waals surface area contributed by atoms with E-state index in [-0.39, 0.29) is 22.9 Å². The maximum atomic E-state index is 13.1. The van der Waals surface area contributed by atoms with Crippen molar-refractivity contribution in [2.24, 2.45) is 0 Å². The molecule has 0 spiro atoms. The summed E-state index contributed by atoms with van der Waals surface area (Å²) >= 11 is 0. The third-order valence-corrected chi connectivity index (χ3v) is 5.06. The fourth-order valence-corrected chi connectivity index (χ4v) is 3.25. The number of ether oxygens (including phenoxy) is 2. The summed E-state index contributed by atoms with van der Waals surface area (Å²) in [6, 6.07) is 12.8. The van der Waals surface area contributed by atoms with Gasteiger partial charge in [-0.2, -0.15) is 13.2 Å². The van der Waals surface area contributed by atoms with Gasteiger partial charge >= 0.3 is 6.18 Å². The normalized spacial score (nSPS) is 11.1. The second-order valence-electron chi connectivity index (χ2n) is 7.40. The highest BCUT2D eigenvalue weighted by Crippen LogP contribution is 2.36. The number of rotatable bonds is 6. The Kier molecular flexibility index (Phi) is 6.63. The van der Waals surface area contributed by atoms with Crippen molar-refractivity contribution in [2.45, 2.75) is 13.1 Å². The van der Waals surface area contributed by atoms with E-state index in [1.807, 2.05) is 0 Å². The number of amides is 1. The smallest absolute Gasteiger partial charge is 0.416 e. The molecule has 0 aliphatic carbocycles. The number of carbonyl (C=O) groups is 1. The van der Waals surface area contributed by atoms with Crippen molar-refractivity contribution in [1.82, 2.24) is 15.0 Å². The number of hydrogen-bond acceptors (Lipinski definition) is 6. The molecule has 0 unspecified atom stereocenters. The van der Waals surface area contributed by atoms with Crippen LogP contribution in [0.4, 0.5) is 18.9 Å². The summed E-state index contributed by atoms with van der Waals surface area (Å²) < 4.78 is 50.5. The first kappa shape index (κ1) is 23.7. The van der Waals surface area contributed by atoms with Gasteiger partial charge in [0, 0.05) is 18.0 Å². The predicted octanol–water partition coefficient (Wildman–Crippen LogP) is 5.92. The van der Waals surface area contributed by atoms with Crippen LogP contribution in [0.25, 0.3) is 11.3 Å². The first-order valence-corrected chi connectivity index (χ1v) is 10.3. The van der Waals surface area contributed by atoms with Gasteiger partial charge < -0.3 is 14.8 Å². The van der Waals surface area contributed by atoms with Crippen LogP contribution in [-0.4, -0.2) is 28.0 Å². The molecule has 0 atom stereocenters. The fraction of sp³-hybridized carbons (Fsp3) is 0.120. The number of carbonyl (C=O) groups excluding carboxylic acids is 1. The topological polar surface area (TPSA) is 86.2 Å². The van der Waals surface area contributed by atoms with Gasteiger partial charge in [0.05, 0.1) is 29.6 Å². The molecule has 2 aromatic carbocycles. The van der Waals surface area contributed by atoms with E-state index in [9.17, 15) is 18.0 Å². The molecule has 0 fully saturated rings. The Hall–Kier alpha value is -4.47. The lowest BCUT2D eigenvalue weighted by molar-refractivity contribution is -0.137. The first-order chi connectivity index (χ1) is 16.8. The number of anilines is 1. The maximum absolute atomic E-state index is 13.1. The minimum Gasteiger partial charge on any atom is -0.495 e. The third-order valence-electron chi connectivity index (χ3n) is 5.06. The number of alkyl halides is 3. The van der Waals surface area contributed by atoms with Gasteiger partial charge in [-0.05, 0) is 61.0 Å². The van der Waals surface area contributed by atoms with Gasteiger partial charge in [-0.1, -0.05) is 6.07 Å². The summed E-state index contributed by atoms with van der Waals surface area (Å²) in [5, 5.41) is 2.49. The van der Waals surface area contributed by atoms with E-state index < -0.39 is 17.6 Å². The van der Waals surface area contributed by atoms with Gasteiger partial charge in [0.2, 0.25) is 5.88 Å². The van der Waals surface area contributed by atoms with Gasteiger partial charge in [0.15, 0.2) is 0 Å². The molecule has 2 aromatic heterocycles. The van der Waals surface area contributed by atoms with Crippen molar-refractivity contribution in [3.05, 3.63) is 90.0 Å². The summed E-state index contributed by atoms with van der Waals surface area (Å²) in [6.07, 6.45) is -0.00569. The quantitative estimate of drug-likeness (QED) is 0.369. The van der Waals surface area contributed by atoms with E-state index in [1.54, 1.807) is 49.6 Å². The maximum Gasteiger partial charge on any atom is 0.416 e. The molecule has 2 heterocycles. The number of nitrogens with zero attached hydrogens (tertiary/aromatic N) is 3. The fourth-order valence-electron chi connectivity index (χ4n) is 3.25. The molecule has 0 saturated carbocycles. The number of halogens is 3.